The zero-order valence-corrected chi connectivity index (χ0v) is 31.9. The average Bonchev–Trinajstić information content (AvgIpc) is 3.59. The van der Waals surface area contributed by atoms with Crippen LogP contribution in [-0.4, -0.2) is 95.4 Å². The summed E-state index contributed by atoms with van der Waals surface area (Å²) in [7, 11) is 0.911. The third kappa shape index (κ3) is 7.97. The van der Waals surface area contributed by atoms with E-state index < -0.39 is 7.14 Å². The number of rotatable bonds is 10. The van der Waals surface area contributed by atoms with Crippen molar-refractivity contribution in [3.63, 3.8) is 0 Å². The van der Waals surface area contributed by atoms with Gasteiger partial charge in [0, 0.05) is 98.5 Å². The fourth-order valence-electron chi connectivity index (χ4n) is 6.92. The van der Waals surface area contributed by atoms with Crippen molar-refractivity contribution >= 4 is 57.2 Å². The van der Waals surface area contributed by atoms with E-state index in [9.17, 15) is 4.57 Å². The van der Waals surface area contributed by atoms with Gasteiger partial charge < -0.3 is 30.2 Å². The van der Waals surface area contributed by atoms with Crippen LogP contribution < -0.4 is 30.9 Å². The molecule has 0 aliphatic carbocycles. The first-order chi connectivity index (χ1) is 24.7. The van der Waals surface area contributed by atoms with E-state index in [1.165, 1.54) is 0 Å². The number of aryl methyl sites for hydroxylation is 1. The van der Waals surface area contributed by atoms with Crippen molar-refractivity contribution in [3.05, 3.63) is 77.8 Å². The maximum atomic E-state index is 13.5. The highest BCUT2D eigenvalue weighted by Crippen LogP contribution is 2.42. The highest BCUT2D eigenvalue weighted by Gasteiger charge is 2.28. The summed E-state index contributed by atoms with van der Waals surface area (Å²) < 4.78 is 21.9. The normalized spacial score (nSPS) is 15.9. The second-order valence-corrected chi connectivity index (χ2v) is 17.5. The van der Waals surface area contributed by atoms with Crippen LogP contribution in [0, 0.1) is 0 Å². The van der Waals surface area contributed by atoms with Gasteiger partial charge in [0.05, 0.1) is 41.0 Å². The highest BCUT2D eigenvalue weighted by atomic mass is 79.9. The predicted octanol–water partition coefficient (Wildman–Crippen LogP) is 6.32. The van der Waals surface area contributed by atoms with Crippen LogP contribution in [0.2, 0.25) is 0 Å². The van der Waals surface area contributed by atoms with Crippen LogP contribution in [0.25, 0.3) is 22.4 Å². The lowest BCUT2D eigenvalue weighted by Crippen LogP contribution is -2.52. The molecule has 14 heteroatoms. The minimum Gasteiger partial charge on any atom is -0.494 e. The molecule has 0 amide bonds. The van der Waals surface area contributed by atoms with Gasteiger partial charge in [0.1, 0.15) is 18.7 Å². The zero-order valence-electron chi connectivity index (χ0n) is 29.4. The number of aromatic nitrogens is 5. The molecule has 0 saturated carbocycles. The summed E-state index contributed by atoms with van der Waals surface area (Å²) in [5, 5.41) is 15.4. The molecule has 2 aliphatic heterocycles. The van der Waals surface area contributed by atoms with E-state index in [-0.39, 0.29) is 0 Å². The Bertz CT molecular complexity index is 2040. The molecule has 2 aliphatic rings. The molecule has 0 bridgehead atoms. The summed E-state index contributed by atoms with van der Waals surface area (Å²) in [6.45, 7) is 9.82. The topological polar surface area (TPSA) is 125 Å². The van der Waals surface area contributed by atoms with Crippen LogP contribution in [0.3, 0.4) is 0 Å². The van der Waals surface area contributed by atoms with E-state index in [1.807, 2.05) is 60.5 Å². The number of nitrogens with one attached hydrogen (secondary N) is 3. The van der Waals surface area contributed by atoms with Gasteiger partial charge in [0.2, 0.25) is 5.95 Å². The minimum absolute atomic E-state index is 0.368. The first kappa shape index (κ1) is 35.1. The molecular weight excluding hydrogens is 727 g/mol. The molecule has 0 atom stereocenters. The summed E-state index contributed by atoms with van der Waals surface area (Å²) in [5.74, 6) is 1.56. The number of anilines is 5. The Labute approximate surface area is 307 Å². The predicted molar refractivity (Wildman–Crippen MR) is 210 cm³/mol. The Morgan fingerprint density at radius 1 is 0.922 bits per heavy atom. The number of ether oxygens (including phenoxy) is 1. The van der Waals surface area contributed by atoms with Gasteiger partial charge in [-0.25, -0.2) is 4.98 Å². The number of piperidine rings is 1. The number of nitrogens with zero attached hydrogens (tertiary/aromatic N) is 7. The van der Waals surface area contributed by atoms with E-state index in [2.05, 4.69) is 68.9 Å². The lowest BCUT2D eigenvalue weighted by Gasteiger charge is -2.41. The molecule has 2 aromatic carbocycles. The van der Waals surface area contributed by atoms with Crippen LogP contribution in [-0.2, 0) is 11.6 Å². The standard InChI is InChI=1S/C37H44BrN10O2P/c1-46-24-26(21-42-46)28-18-31(34(50-2)20-33(28)48-14-10-27(11-15-48)47-16-12-39-13-17-47)44-37-41-22-29(38)36(45-37)43-32-23-40-30(19-35(32)51(3,4)49)25-8-6-5-7-9-25/h5-9,18-24,27,39H,10-17H2,1-4H3,(H2,41,43,44,45). The molecule has 2 fully saturated rings. The molecule has 266 valence electrons. The lowest BCUT2D eigenvalue weighted by molar-refractivity contribution is 0.150. The molecule has 5 aromatic rings. The molecular formula is C37H44BrN10O2P. The SMILES string of the molecule is COc1cc(N2CCC(N3CCNCC3)CC2)c(-c2cnn(C)c2)cc1Nc1ncc(Br)c(Nc2cnc(-c3ccccc3)cc2P(C)(C)=O)n1. The summed E-state index contributed by atoms with van der Waals surface area (Å²) in [5.41, 5.74) is 6.25. The number of piperazine rings is 1. The second kappa shape index (κ2) is 15.1. The fraction of sp³-hybridized carbons (Fsp3) is 0.351. The van der Waals surface area contributed by atoms with Gasteiger partial charge in [-0.05, 0) is 54.2 Å². The summed E-state index contributed by atoms with van der Waals surface area (Å²) in [4.78, 5) is 19.2. The molecule has 51 heavy (non-hydrogen) atoms. The molecule has 0 spiro atoms. The Hall–Kier alpha value is -4.29. The van der Waals surface area contributed by atoms with E-state index in [1.54, 1.807) is 32.8 Å². The number of hydrogen-bond donors (Lipinski definition) is 3. The average molecular weight is 772 g/mol. The van der Waals surface area contributed by atoms with Gasteiger partial charge in [0.15, 0.2) is 0 Å². The number of halogens is 1. The van der Waals surface area contributed by atoms with E-state index >= 15 is 0 Å². The second-order valence-electron chi connectivity index (χ2n) is 13.4. The Morgan fingerprint density at radius 2 is 1.69 bits per heavy atom. The Morgan fingerprint density at radius 3 is 2.37 bits per heavy atom. The van der Waals surface area contributed by atoms with Crippen molar-refractivity contribution in [2.24, 2.45) is 7.05 Å². The van der Waals surface area contributed by atoms with Crippen LogP contribution in [0.15, 0.2) is 77.8 Å². The zero-order chi connectivity index (χ0) is 35.5. The van der Waals surface area contributed by atoms with Crippen molar-refractivity contribution in [2.45, 2.75) is 18.9 Å². The number of benzene rings is 2. The largest absolute Gasteiger partial charge is 0.494 e. The number of pyridine rings is 1. The molecule has 3 N–H and O–H groups in total. The van der Waals surface area contributed by atoms with Crippen molar-refractivity contribution in [1.82, 2.24) is 34.9 Å². The van der Waals surface area contributed by atoms with Gasteiger partial charge >= 0.3 is 0 Å². The maximum Gasteiger partial charge on any atom is 0.229 e. The third-order valence-corrected chi connectivity index (χ3v) is 11.7. The van der Waals surface area contributed by atoms with Gasteiger partial charge in [-0.15, -0.1) is 0 Å². The van der Waals surface area contributed by atoms with E-state index in [0.29, 0.717) is 39.0 Å². The number of hydrogen-bond acceptors (Lipinski definition) is 11. The van der Waals surface area contributed by atoms with Crippen LogP contribution in [0.5, 0.6) is 5.75 Å². The molecule has 0 unspecified atom stereocenters. The third-order valence-electron chi connectivity index (χ3n) is 9.58. The molecule has 2 saturated heterocycles. The maximum absolute atomic E-state index is 13.5. The van der Waals surface area contributed by atoms with Crippen molar-refractivity contribution < 1.29 is 9.30 Å². The lowest BCUT2D eigenvalue weighted by atomic mass is 9.98. The van der Waals surface area contributed by atoms with Crippen molar-refractivity contribution in [3.8, 4) is 28.1 Å². The van der Waals surface area contributed by atoms with Crippen LogP contribution >= 0.6 is 23.1 Å². The summed E-state index contributed by atoms with van der Waals surface area (Å²) in [6.07, 6.45) is 9.58. The van der Waals surface area contributed by atoms with Gasteiger partial charge in [-0.3, -0.25) is 14.6 Å². The first-order valence-electron chi connectivity index (χ1n) is 17.2. The molecule has 0 radical (unpaired) electrons. The minimum atomic E-state index is -2.70. The smallest absolute Gasteiger partial charge is 0.229 e. The van der Waals surface area contributed by atoms with Crippen LogP contribution in [0.4, 0.5) is 28.8 Å². The van der Waals surface area contributed by atoms with Gasteiger partial charge in [-0.2, -0.15) is 10.1 Å². The number of methoxy groups -OCH3 is 1. The van der Waals surface area contributed by atoms with Gasteiger partial charge in [0.25, 0.3) is 0 Å². The summed E-state index contributed by atoms with van der Waals surface area (Å²) in [6, 6.07) is 16.6. The quantitative estimate of drug-likeness (QED) is 0.138. The molecule has 5 heterocycles. The molecule has 3 aromatic heterocycles. The summed E-state index contributed by atoms with van der Waals surface area (Å²) >= 11 is 3.60. The molecule has 12 nitrogen and oxygen atoms in total. The molecule has 7 rings (SSSR count). The fourth-order valence-corrected chi connectivity index (χ4v) is 8.34. The van der Waals surface area contributed by atoms with E-state index in [4.69, 9.17) is 9.72 Å². The van der Waals surface area contributed by atoms with Crippen LogP contribution in [0.1, 0.15) is 12.8 Å². The highest BCUT2D eigenvalue weighted by molar-refractivity contribution is 9.10. The Balaban J connectivity index is 1.17. The van der Waals surface area contributed by atoms with E-state index in [0.717, 1.165) is 85.9 Å². The van der Waals surface area contributed by atoms with Crippen molar-refractivity contribution in [1.29, 1.82) is 0 Å². The van der Waals surface area contributed by atoms with Crippen molar-refractivity contribution in [2.75, 3.05) is 75.2 Å². The first-order valence-corrected chi connectivity index (χ1v) is 20.6. The monoisotopic (exact) mass is 770 g/mol. The van der Waals surface area contributed by atoms with Gasteiger partial charge in [-0.1, -0.05) is 30.3 Å². The Kier molecular flexibility index (Phi) is 10.4.